The van der Waals surface area contributed by atoms with E-state index < -0.39 is 0 Å². The molecule has 4 rings (SSSR count). The quantitative estimate of drug-likeness (QED) is 0.682. The molecule has 1 fully saturated rings. The van der Waals surface area contributed by atoms with Gasteiger partial charge < -0.3 is 9.64 Å². The Morgan fingerprint density at radius 2 is 1.89 bits per heavy atom. The highest BCUT2D eigenvalue weighted by Gasteiger charge is 2.25. The molecular weight excluding hydrogens is 354 g/mol. The summed E-state index contributed by atoms with van der Waals surface area (Å²) in [5.41, 5.74) is 2.25. The third kappa shape index (κ3) is 4.37. The number of likely N-dealkylation sites (tertiary alicyclic amines) is 1. The number of piperidine rings is 1. The summed E-state index contributed by atoms with van der Waals surface area (Å²) in [6.45, 7) is 1.74. The van der Waals surface area contributed by atoms with Gasteiger partial charge in [0.25, 0.3) is 5.91 Å². The molecule has 0 aromatic carbocycles. The Bertz CT molecular complexity index is 903. The number of ether oxygens (including phenoxy) is 1. The molecular formula is C21H21N5O2. The van der Waals surface area contributed by atoms with Gasteiger partial charge in [-0.2, -0.15) is 0 Å². The fourth-order valence-corrected chi connectivity index (χ4v) is 3.22. The van der Waals surface area contributed by atoms with Gasteiger partial charge in [0, 0.05) is 49.6 Å². The number of nitrogens with zero attached hydrogens (tertiary/aromatic N) is 5. The summed E-state index contributed by atoms with van der Waals surface area (Å²) in [6.07, 6.45) is 10.2. The van der Waals surface area contributed by atoms with Gasteiger partial charge in [0.2, 0.25) is 0 Å². The number of carbonyl (C=O) groups is 1. The predicted molar refractivity (Wildman–Crippen MR) is 103 cm³/mol. The van der Waals surface area contributed by atoms with E-state index >= 15 is 0 Å². The first kappa shape index (κ1) is 18.2. The number of hydrogen-bond donors (Lipinski definition) is 0. The molecule has 0 radical (unpaired) electrons. The minimum atomic E-state index is -0.0626. The van der Waals surface area contributed by atoms with E-state index in [1.807, 2.05) is 35.2 Å². The minimum absolute atomic E-state index is 0.0108. The Kier molecular flexibility index (Phi) is 5.63. The lowest BCUT2D eigenvalue weighted by atomic mass is 10.1. The number of amides is 1. The molecule has 1 aliphatic rings. The Hall–Kier alpha value is -3.19. The standard InChI is InChI=1S/C21H21N5O2/c27-21(17-12-24-20(25-13-17)16-6-9-22-10-7-16)26-11-3-5-19(14-26)28-15-18-4-1-2-8-23-18/h1-2,4,6-10,12-13,19H,3,5,11,14-15H2/t19-/m1/s1. The summed E-state index contributed by atoms with van der Waals surface area (Å²) in [6, 6.07) is 9.44. The van der Waals surface area contributed by atoms with Crippen LogP contribution in [0, 0.1) is 0 Å². The monoisotopic (exact) mass is 375 g/mol. The van der Waals surface area contributed by atoms with Crippen molar-refractivity contribution in [3.05, 3.63) is 72.6 Å². The minimum Gasteiger partial charge on any atom is -0.370 e. The molecule has 7 heteroatoms. The number of carbonyl (C=O) groups excluding carboxylic acids is 1. The van der Waals surface area contributed by atoms with E-state index in [2.05, 4.69) is 19.9 Å². The van der Waals surface area contributed by atoms with Gasteiger partial charge in [-0.25, -0.2) is 9.97 Å². The molecule has 28 heavy (non-hydrogen) atoms. The van der Waals surface area contributed by atoms with E-state index in [9.17, 15) is 4.79 Å². The molecule has 1 amide bonds. The molecule has 1 aliphatic heterocycles. The third-order valence-electron chi connectivity index (χ3n) is 4.70. The Morgan fingerprint density at radius 3 is 2.64 bits per heavy atom. The summed E-state index contributed by atoms with van der Waals surface area (Å²) in [5.74, 6) is 0.515. The van der Waals surface area contributed by atoms with Crippen molar-refractivity contribution in [2.45, 2.75) is 25.6 Å². The van der Waals surface area contributed by atoms with Crippen LogP contribution in [0.15, 0.2) is 61.3 Å². The van der Waals surface area contributed by atoms with E-state index in [1.165, 1.54) is 0 Å². The van der Waals surface area contributed by atoms with Crippen molar-refractivity contribution in [2.24, 2.45) is 0 Å². The van der Waals surface area contributed by atoms with Crippen molar-refractivity contribution in [2.75, 3.05) is 13.1 Å². The van der Waals surface area contributed by atoms with Crippen molar-refractivity contribution in [1.82, 2.24) is 24.8 Å². The SMILES string of the molecule is O=C(c1cnc(-c2ccncc2)nc1)N1CCC[C@@H](OCc2ccccn2)C1. The first-order valence-corrected chi connectivity index (χ1v) is 9.33. The summed E-state index contributed by atoms with van der Waals surface area (Å²) in [4.78, 5) is 31.6. The van der Waals surface area contributed by atoms with E-state index in [4.69, 9.17) is 4.74 Å². The Labute approximate surface area is 163 Å². The van der Waals surface area contributed by atoms with Gasteiger partial charge >= 0.3 is 0 Å². The highest BCUT2D eigenvalue weighted by Crippen LogP contribution is 2.18. The number of aromatic nitrogens is 4. The zero-order valence-corrected chi connectivity index (χ0v) is 15.4. The highest BCUT2D eigenvalue weighted by atomic mass is 16.5. The van der Waals surface area contributed by atoms with Crippen molar-refractivity contribution in [3.8, 4) is 11.4 Å². The lowest BCUT2D eigenvalue weighted by Gasteiger charge is -2.32. The molecule has 0 unspecified atom stereocenters. The summed E-state index contributed by atoms with van der Waals surface area (Å²) >= 11 is 0. The molecule has 3 aromatic rings. The summed E-state index contributed by atoms with van der Waals surface area (Å²) in [7, 11) is 0. The molecule has 0 spiro atoms. The normalized spacial score (nSPS) is 16.7. The van der Waals surface area contributed by atoms with Crippen LogP contribution >= 0.6 is 0 Å². The second kappa shape index (κ2) is 8.67. The largest absolute Gasteiger partial charge is 0.370 e. The van der Waals surface area contributed by atoms with Gasteiger partial charge in [-0.15, -0.1) is 0 Å². The average molecular weight is 375 g/mol. The van der Waals surface area contributed by atoms with E-state index in [0.29, 0.717) is 31.1 Å². The maximum absolute atomic E-state index is 12.8. The van der Waals surface area contributed by atoms with Gasteiger partial charge in [-0.1, -0.05) is 6.07 Å². The molecule has 0 saturated carbocycles. The van der Waals surface area contributed by atoms with Crippen LogP contribution < -0.4 is 0 Å². The fourth-order valence-electron chi connectivity index (χ4n) is 3.22. The van der Waals surface area contributed by atoms with Gasteiger partial charge in [0.05, 0.1) is 24.0 Å². The average Bonchev–Trinajstić information content (AvgIpc) is 2.79. The van der Waals surface area contributed by atoms with Gasteiger partial charge in [-0.05, 0) is 37.1 Å². The van der Waals surface area contributed by atoms with E-state index in [-0.39, 0.29) is 12.0 Å². The van der Waals surface area contributed by atoms with Crippen LogP contribution in [-0.4, -0.2) is 49.9 Å². The summed E-state index contributed by atoms with van der Waals surface area (Å²) in [5, 5.41) is 0. The van der Waals surface area contributed by atoms with Crippen LogP contribution in [0.4, 0.5) is 0 Å². The van der Waals surface area contributed by atoms with Crippen LogP contribution in [0.2, 0.25) is 0 Å². The number of hydrogen-bond acceptors (Lipinski definition) is 6. The van der Waals surface area contributed by atoms with Crippen molar-refractivity contribution >= 4 is 5.91 Å². The van der Waals surface area contributed by atoms with Crippen LogP contribution in [0.3, 0.4) is 0 Å². The van der Waals surface area contributed by atoms with Crippen molar-refractivity contribution < 1.29 is 9.53 Å². The van der Waals surface area contributed by atoms with Crippen molar-refractivity contribution in [1.29, 1.82) is 0 Å². The molecule has 0 aliphatic carbocycles. The fraction of sp³-hybridized carbons (Fsp3) is 0.286. The lowest BCUT2D eigenvalue weighted by molar-refractivity contribution is -0.00787. The van der Waals surface area contributed by atoms with Gasteiger partial charge in [-0.3, -0.25) is 14.8 Å². The van der Waals surface area contributed by atoms with Crippen LogP contribution in [-0.2, 0) is 11.3 Å². The van der Waals surface area contributed by atoms with E-state index in [1.54, 1.807) is 31.0 Å². The topological polar surface area (TPSA) is 81.1 Å². The van der Waals surface area contributed by atoms with Gasteiger partial charge in [0.15, 0.2) is 5.82 Å². The number of rotatable bonds is 5. The van der Waals surface area contributed by atoms with Crippen LogP contribution in [0.25, 0.3) is 11.4 Å². The second-order valence-electron chi connectivity index (χ2n) is 6.68. The molecule has 0 N–H and O–H groups in total. The molecule has 3 aromatic heterocycles. The summed E-state index contributed by atoms with van der Waals surface area (Å²) < 4.78 is 5.97. The molecule has 1 atom stereocenters. The Balaban J connectivity index is 1.37. The highest BCUT2D eigenvalue weighted by molar-refractivity contribution is 5.93. The zero-order chi connectivity index (χ0) is 19.2. The maximum atomic E-state index is 12.8. The zero-order valence-electron chi connectivity index (χ0n) is 15.4. The molecule has 0 bridgehead atoms. The third-order valence-corrected chi connectivity index (χ3v) is 4.70. The first-order chi connectivity index (χ1) is 13.8. The molecule has 1 saturated heterocycles. The maximum Gasteiger partial charge on any atom is 0.257 e. The second-order valence-corrected chi connectivity index (χ2v) is 6.68. The van der Waals surface area contributed by atoms with E-state index in [0.717, 1.165) is 24.1 Å². The van der Waals surface area contributed by atoms with Crippen molar-refractivity contribution in [3.63, 3.8) is 0 Å². The predicted octanol–water partition coefficient (Wildman–Crippen LogP) is 2.76. The first-order valence-electron chi connectivity index (χ1n) is 9.33. The lowest BCUT2D eigenvalue weighted by Crippen LogP contribution is -2.43. The van der Waals surface area contributed by atoms with Crippen LogP contribution in [0.1, 0.15) is 28.9 Å². The number of pyridine rings is 2. The van der Waals surface area contributed by atoms with Gasteiger partial charge in [0.1, 0.15) is 0 Å². The molecule has 7 nitrogen and oxygen atoms in total. The molecule has 4 heterocycles. The molecule has 142 valence electrons. The smallest absolute Gasteiger partial charge is 0.257 e. The Morgan fingerprint density at radius 1 is 1.07 bits per heavy atom. The van der Waals surface area contributed by atoms with Crippen LogP contribution in [0.5, 0.6) is 0 Å².